The number of likely N-dealkylation sites (tertiary alicyclic amines) is 1. The summed E-state index contributed by atoms with van der Waals surface area (Å²) < 4.78 is 0. The van der Waals surface area contributed by atoms with E-state index in [1.807, 2.05) is 11.8 Å². The van der Waals surface area contributed by atoms with E-state index in [2.05, 4.69) is 10.2 Å². The number of carbonyl (C=O) groups excluding carboxylic acids is 1. The van der Waals surface area contributed by atoms with E-state index >= 15 is 0 Å². The van der Waals surface area contributed by atoms with Crippen molar-refractivity contribution in [1.82, 2.24) is 10.2 Å². The van der Waals surface area contributed by atoms with Crippen molar-refractivity contribution in [3.05, 3.63) is 0 Å². The highest BCUT2D eigenvalue weighted by Gasteiger charge is 2.36. The fourth-order valence-corrected chi connectivity index (χ4v) is 4.47. The Hall–Kier alpha value is -0.220. The summed E-state index contributed by atoms with van der Waals surface area (Å²) in [6.45, 7) is 3.13. The molecule has 3 saturated heterocycles. The molecule has 3 nitrogen and oxygen atoms in total. The van der Waals surface area contributed by atoms with Gasteiger partial charge in [-0.25, -0.2) is 0 Å². The molecule has 1 amide bonds. The number of rotatable bonds is 1. The topological polar surface area (TPSA) is 32.3 Å². The summed E-state index contributed by atoms with van der Waals surface area (Å²) >= 11 is 1.86. The highest BCUT2D eigenvalue weighted by Crippen LogP contribution is 2.30. The first kappa shape index (κ1) is 10.9. The third-order valence-electron chi connectivity index (χ3n) is 4.17. The first-order chi connectivity index (χ1) is 7.84. The highest BCUT2D eigenvalue weighted by atomic mass is 32.2. The van der Waals surface area contributed by atoms with E-state index in [1.165, 1.54) is 18.6 Å². The summed E-state index contributed by atoms with van der Waals surface area (Å²) in [6.07, 6.45) is 4.74. The first-order valence-electron chi connectivity index (χ1n) is 6.48. The van der Waals surface area contributed by atoms with E-state index in [-0.39, 0.29) is 5.25 Å². The zero-order valence-electron chi connectivity index (χ0n) is 9.65. The van der Waals surface area contributed by atoms with Gasteiger partial charge in [-0.3, -0.25) is 4.79 Å². The van der Waals surface area contributed by atoms with E-state index in [4.69, 9.17) is 0 Å². The molecule has 3 aliphatic rings. The number of fused-ring (bicyclic) bond motifs is 1. The lowest BCUT2D eigenvalue weighted by Gasteiger charge is -2.36. The molecule has 3 aliphatic heterocycles. The molecule has 90 valence electrons. The van der Waals surface area contributed by atoms with Gasteiger partial charge in [-0.05, 0) is 43.9 Å². The standard InChI is InChI=1S/C12H20N2OS/c15-12(11-2-1-7-16-11)14-6-4-10-9(8-14)3-5-13-10/h9-11,13H,1-8H2. The minimum Gasteiger partial charge on any atom is -0.341 e. The number of amides is 1. The van der Waals surface area contributed by atoms with E-state index in [0.717, 1.165) is 38.4 Å². The maximum atomic E-state index is 12.3. The van der Waals surface area contributed by atoms with Gasteiger partial charge in [0.15, 0.2) is 0 Å². The van der Waals surface area contributed by atoms with Crippen LogP contribution in [0.2, 0.25) is 0 Å². The van der Waals surface area contributed by atoms with E-state index in [1.54, 1.807) is 0 Å². The molecule has 3 rings (SSSR count). The van der Waals surface area contributed by atoms with Crippen LogP contribution in [-0.2, 0) is 4.79 Å². The van der Waals surface area contributed by atoms with E-state index < -0.39 is 0 Å². The summed E-state index contributed by atoms with van der Waals surface area (Å²) in [4.78, 5) is 14.4. The largest absolute Gasteiger partial charge is 0.341 e. The highest BCUT2D eigenvalue weighted by molar-refractivity contribution is 8.00. The maximum absolute atomic E-state index is 12.3. The van der Waals surface area contributed by atoms with Crippen LogP contribution in [0.5, 0.6) is 0 Å². The average molecular weight is 240 g/mol. The van der Waals surface area contributed by atoms with Gasteiger partial charge in [0.1, 0.15) is 0 Å². The minimum absolute atomic E-state index is 0.283. The number of piperidine rings is 1. The molecule has 0 bridgehead atoms. The van der Waals surface area contributed by atoms with E-state index in [9.17, 15) is 4.79 Å². The second-order valence-corrected chi connectivity index (χ2v) is 6.49. The van der Waals surface area contributed by atoms with Crippen molar-refractivity contribution in [2.45, 2.75) is 37.0 Å². The average Bonchev–Trinajstić information content (AvgIpc) is 2.98. The zero-order chi connectivity index (χ0) is 11.0. The Labute approximate surface area is 101 Å². The fourth-order valence-electron chi connectivity index (χ4n) is 3.22. The van der Waals surface area contributed by atoms with Crippen LogP contribution in [0.25, 0.3) is 0 Å². The molecule has 0 aromatic rings. The van der Waals surface area contributed by atoms with Crippen LogP contribution < -0.4 is 5.32 Å². The van der Waals surface area contributed by atoms with Gasteiger partial charge in [0.25, 0.3) is 0 Å². The number of hydrogen-bond acceptors (Lipinski definition) is 3. The Kier molecular flexibility index (Phi) is 3.11. The number of nitrogens with zero attached hydrogens (tertiary/aromatic N) is 1. The van der Waals surface area contributed by atoms with Crippen molar-refractivity contribution >= 4 is 17.7 Å². The van der Waals surface area contributed by atoms with Crippen molar-refractivity contribution in [2.75, 3.05) is 25.4 Å². The molecule has 16 heavy (non-hydrogen) atoms. The summed E-state index contributed by atoms with van der Waals surface area (Å²) in [6, 6.07) is 0.695. The van der Waals surface area contributed by atoms with Crippen molar-refractivity contribution in [2.24, 2.45) is 5.92 Å². The minimum atomic E-state index is 0.283. The first-order valence-corrected chi connectivity index (χ1v) is 7.53. The predicted molar refractivity (Wildman–Crippen MR) is 66.6 cm³/mol. The van der Waals surface area contributed by atoms with Crippen LogP contribution in [0.4, 0.5) is 0 Å². The summed E-state index contributed by atoms with van der Waals surface area (Å²) in [5.41, 5.74) is 0. The molecule has 3 fully saturated rings. The monoisotopic (exact) mass is 240 g/mol. The lowest BCUT2D eigenvalue weighted by atomic mass is 9.93. The van der Waals surface area contributed by atoms with Gasteiger partial charge in [-0.1, -0.05) is 0 Å². The Bertz CT molecular complexity index is 278. The smallest absolute Gasteiger partial charge is 0.235 e. The molecule has 3 unspecified atom stereocenters. The molecule has 0 aliphatic carbocycles. The number of carbonyl (C=O) groups is 1. The zero-order valence-corrected chi connectivity index (χ0v) is 10.5. The van der Waals surface area contributed by atoms with Crippen LogP contribution in [0.1, 0.15) is 25.7 Å². The van der Waals surface area contributed by atoms with Crippen LogP contribution in [0.15, 0.2) is 0 Å². The summed E-state index contributed by atoms with van der Waals surface area (Å²) in [5, 5.41) is 3.83. The molecule has 3 heterocycles. The van der Waals surface area contributed by atoms with Gasteiger partial charge in [-0.2, -0.15) is 0 Å². The second kappa shape index (κ2) is 4.57. The van der Waals surface area contributed by atoms with Crippen LogP contribution in [0, 0.1) is 5.92 Å². The molecule has 0 aromatic heterocycles. The second-order valence-electron chi connectivity index (χ2n) is 5.18. The van der Waals surface area contributed by atoms with Gasteiger partial charge in [0.05, 0.1) is 5.25 Å². The summed E-state index contributed by atoms with van der Waals surface area (Å²) in [5.74, 6) is 2.33. The normalized spacial score (nSPS) is 38.8. The van der Waals surface area contributed by atoms with Gasteiger partial charge >= 0.3 is 0 Å². The summed E-state index contributed by atoms with van der Waals surface area (Å²) in [7, 11) is 0. The quantitative estimate of drug-likeness (QED) is 0.745. The lowest BCUT2D eigenvalue weighted by Crippen LogP contribution is -2.49. The third kappa shape index (κ3) is 1.97. The predicted octanol–water partition coefficient (Wildman–Crippen LogP) is 1.09. The van der Waals surface area contributed by atoms with Gasteiger partial charge in [-0.15, -0.1) is 11.8 Å². The molecule has 0 radical (unpaired) electrons. The third-order valence-corrected chi connectivity index (χ3v) is 5.54. The van der Waals surface area contributed by atoms with Crippen molar-refractivity contribution in [1.29, 1.82) is 0 Å². The van der Waals surface area contributed by atoms with Crippen LogP contribution in [0.3, 0.4) is 0 Å². The van der Waals surface area contributed by atoms with Gasteiger partial charge < -0.3 is 10.2 Å². The van der Waals surface area contributed by atoms with Crippen LogP contribution >= 0.6 is 11.8 Å². The van der Waals surface area contributed by atoms with Gasteiger partial charge in [0.2, 0.25) is 5.91 Å². The Morgan fingerprint density at radius 1 is 1.31 bits per heavy atom. The molecule has 0 saturated carbocycles. The van der Waals surface area contributed by atoms with Crippen molar-refractivity contribution < 1.29 is 4.79 Å². The SMILES string of the molecule is O=C(C1CCCS1)N1CCC2NCCC2C1. The molecule has 4 heteroatoms. The molecular formula is C12H20N2OS. The van der Waals surface area contributed by atoms with Crippen molar-refractivity contribution in [3.8, 4) is 0 Å². The van der Waals surface area contributed by atoms with Gasteiger partial charge in [0, 0.05) is 19.1 Å². The molecular weight excluding hydrogens is 220 g/mol. The molecule has 0 spiro atoms. The van der Waals surface area contributed by atoms with Crippen molar-refractivity contribution in [3.63, 3.8) is 0 Å². The number of nitrogens with one attached hydrogen (secondary N) is 1. The Morgan fingerprint density at radius 2 is 2.25 bits per heavy atom. The van der Waals surface area contributed by atoms with Crippen LogP contribution in [-0.4, -0.2) is 47.5 Å². The fraction of sp³-hybridized carbons (Fsp3) is 0.917. The van der Waals surface area contributed by atoms with E-state index in [0.29, 0.717) is 11.9 Å². The number of thioether (sulfide) groups is 1. The molecule has 3 atom stereocenters. The molecule has 1 N–H and O–H groups in total. The Morgan fingerprint density at radius 3 is 3.06 bits per heavy atom. The Balaban J connectivity index is 1.60. The molecule has 0 aromatic carbocycles. The maximum Gasteiger partial charge on any atom is 0.235 e. The lowest BCUT2D eigenvalue weighted by molar-refractivity contribution is -0.132. The number of hydrogen-bond donors (Lipinski definition) is 1.